The summed E-state index contributed by atoms with van der Waals surface area (Å²) in [7, 11) is 1.61. The highest BCUT2D eigenvalue weighted by Gasteiger charge is 2.20. The molecule has 0 aliphatic rings. The van der Waals surface area contributed by atoms with Crippen LogP contribution in [0.3, 0.4) is 0 Å². The number of furan rings is 1. The summed E-state index contributed by atoms with van der Waals surface area (Å²) in [5.74, 6) is 0.482. The Kier molecular flexibility index (Phi) is 7.01. The van der Waals surface area contributed by atoms with E-state index >= 15 is 0 Å². The number of fused-ring (bicyclic) bond motifs is 1. The van der Waals surface area contributed by atoms with Crippen LogP contribution in [0.1, 0.15) is 36.6 Å². The van der Waals surface area contributed by atoms with E-state index in [0.717, 1.165) is 38.8 Å². The number of methoxy groups -OCH3 is 1. The van der Waals surface area contributed by atoms with E-state index in [0.29, 0.717) is 21.4 Å². The fourth-order valence-corrected chi connectivity index (χ4v) is 4.65. The number of carbonyl (C=O) groups excluding carboxylic acids is 1. The highest BCUT2D eigenvalue weighted by molar-refractivity contribution is 6.36. The van der Waals surface area contributed by atoms with Gasteiger partial charge in [-0.3, -0.25) is 4.79 Å². The normalized spacial score (nSPS) is 12.6. The third-order valence-electron chi connectivity index (χ3n) is 5.90. The van der Waals surface area contributed by atoms with Crippen LogP contribution in [-0.2, 0) is 4.79 Å². The van der Waals surface area contributed by atoms with E-state index in [4.69, 9.17) is 32.4 Å². The molecule has 1 heterocycles. The first-order chi connectivity index (χ1) is 16.3. The molecule has 4 rings (SSSR count). The first kappa shape index (κ1) is 23.9. The lowest BCUT2D eigenvalue weighted by Gasteiger charge is -2.15. The summed E-state index contributed by atoms with van der Waals surface area (Å²) >= 11 is 12.6. The maximum atomic E-state index is 12.8. The molecular weight excluding hydrogens is 469 g/mol. The Balaban J connectivity index is 1.74. The van der Waals surface area contributed by atoms with Gasteiger partial charge in [-0.2, -0.15) is 0 Å². The van der Waals surface area contributed by atoms with E-state index < -0.39 is 0 Å². The van der Waals surface area contributed by atoms with Gasteiger partial charge in [-0.15, -0.1) is 0 Å². The van der Waals surface area contributed by atoms with E-state index in [2.05, 4.69) is 5.32 Å². The molecule has 0 fully saturated rings. The molecule has 4 aromatic rings. The quantitative estimate of drug-likeness (QED) is 0.276. The van der Waals surface area contributed by atoms with Crippen LogP contribution >= 0.6 is 23.2 Å². The summed E-state index contributed by atoms with van der Waals surface area (Å²) < 4.78 is 11.6. The molecule has 0 spiro atoms. The average Bonchev–Trinajstić information content (AvgIpc) is 3.23. The second-order valence-electron chi connectivity index (χ2n) is 8.20. The average molecular weight is 494 g/mol. The van der Waals surface area contributed by atoms with Gasteiger partial charge in [0.15, 0.2) is 0 Å². The zero-order valence-corrected chi connectivity index (χ0v) is 20.9. The second-order valence-corrected chi connectivity index (χ2v) is 9.04. The Morgan fingerprint density at radius 3 is 2.50 bits per heavy atom. The molecule has 174 valence electrons. The van der Waals surface area contributed by atoms with E-state index in [-0.39, 0.29) is 11.9 Å². The molecule has 1 aromatic heterocycles. The molecule has 3 aromatic carbocycles. The van der Waals surface area contributed by atoms with Crippen LogP contribution in [-0.4, -0.2) is 13.0 Å². The molecule has 4 nitrogen and oxygen atoms in total. The standard InChI is InChI=1S/C28H25Cl2NO3/c1-16(12-26(32)31-18(3)19-8-6-5-7-9-19)22-14-23-24(21-11-10-20(29)13-25(21)30)15-34-28(23)17(2)27(22)33-4/h5-15,18H,1-4H3,(H,31,32)/b16-12+. The fourth-order valence-electron chi connectivity index (χ4n) is 4.14. The zero-order valence-electron chi connectivity index (χ0n) is 19.4. The highest BCUT2D eigenvalue weighted by Crippen LogP contribution is 2.42. The minimum absolute atomic E-state index is 0.114. The van der Waals surface area contributed by atoms with Gasteiger partial charge >= 0.3 is 0 Å². The molecule has 1 N–H and O–H groups in total. The van der Waals surface area contributed by atoms with Gasteiger partial charge in [0.1, 0.15) is 11.3 Å². The third kappa shape index (κ3) is 4.70. The first-order valence-corrected chi connectivity index (χ1v) is 11.6. The maximum absolute atomic E-state index is 12.8. The Labute approximate surface area is 209 Å². The molecule has 34 heavy (non-hydrogen) atoms. The number of amides is 1. The van der Waals surface area contributed by atoms with E-state index in [1.165, 1.54) is 0 Å². The van der Waals surface area contributed by atoms with Crippen molar-refractivity contribution in [2.75, 3.05) is 7.11 Å². The minimum atomic E-state index is -0.179. The van der Waals surface area contributed by atoms with Crippen LogP contribution in [0.25, 0.3) is 27.7 Å². The molecular formula is C28H25Cl2NO3. The lowest BCUT2D eigenvalue weighted by Crippen LogP contribution is -2.24. The summed E-state index contributed by atoms with van der Waals surface area (Å²) in [6.45, 7) is 5.79. The van der Waals surface area contributed by atoms with Crippen molar-refractivity contribution in [3.05, 3.63) is 93.7 Å². The molecule has 0 saturated heterocycles. The minimum Gasteiger partial charge on any atom is -0.496 e. The van der Waals surface area contributed by atoms with Gasteiger partial charge in [-0.25, -0.2) is 0 Å². The molecule has 6 heteroatoms. The van der Waals surface area contributed by atoms with Crippen LogP contribution in [0.2, 0.25) is 10.0 Å². The van der Waals surface area contributed by atoms with Gasteiger partial charge in [0.05, 0.1) is 24.4 Å². The van der Waals surface area contributed by atoms with Crippen LogP contribution in [0, 0.1) is 6.92 Å². The lowest BCUT2D eigenvalue weighted by atomic mass is 9.96. The third-order valence-corrected chi connectivity index (χ3v) is 6.45. The Hall–Kier alpha value is -3.21. The number of nitrogens with one attached hydrogen (secondary N) is 1. The summed E-state index contributed by atoms with van der Waals surface area (Å²) in [5.41, 5.74) is 5.83. The van der Waals surface area contributed by atoms with Crippen LogP contribution in [0.4, 0.5) is 0 Å². The van der Waals surface area contributed by atoms with Crippen LogP contribution < -0.4 is 10.1 Å². The van der Waals surface area contributed by atoms with Gasteiger partial charge in [0, 0.05) is 38.7 Å². The van der Waals surface area contributed by atoms with Crippen LogP contribution in [0.5, 0.6) is 5.75 Å². The molecule has 0 radical (unpaired) electrons. The predicted octanol–water partition coefficient (Wildman–Crippen LogP) is 8.00. The topological polar surface area (TPSA) is 51.5 Å². The van der Waals surface area contributed by atoms with Crippen molar-refractivity contribution in [1.82, 2.24) is 5.32 Å². The highest BCUT2D eigenvalue weighted by atomic mass is 35.5. The second kappa shape index (κ2) is 9.96. The SMILES string of the molecule is COc1c(/C(C)=C/C(=O)NC(C)c2ccccc2)cc2c(-c3ccc(Cl)cc3Cl)coc2c1C. The number of halogens is 2. The monoisotopic (exact) mass is 493 g/mol. The summed E-state index contributed by atoms with van der Waals surface area (Å²) in [4.78, 5) is 12.8. The number of carbonyl (C=O) groups is 1. The first-order valence-electron chi connectivity index (χ1n) is 10.9. The zero-order chi connectivity index (χ0) is 24.4. The van der Waals surface area contributed by atoms with Gasteiger partial charge in [0.25, 0.3) is 0 Å². The van der Waals surface area contributed by atoms with Crippen molar-refractivity contribution < 1.29 is 13.9 Å². The summed E-state index contributed by atoms with van der Waals surface area (Å²) in [6.07, 6.45) is 3.28. The number of rotatable bonds is 6. The Morgan fingerprint density at radius 2 is 1.82 bits per heavy atom. The number of benzene rings is 3. The number of hydrogen-bond donors (Lipinski definition) is 1. The summed E-state index contributed by atoms with van der Waals surface area (Å²) in [5, 5.41) is 5.00. The van der Waals surface area contributed by atoms with Gasteiger partial charge in [0.2, 0.25) is 5.91 Å². The van der Waals surface area contributed by atoms with Crippen molar-refractivity contribution >= 4 is 45.7 Å². The molecule has 0 bridgehead atoms. The smallest absolute Gasteiger partial charge is 0.244 e. The molecule has 1 amide bonds. The Bertz CT molecular complexity index is 1390. The van der Waals surface area contributed by atoms with Gasteiger partial charge in [-0.05, 0) is 50.1 Å². The Morgan fingerprint density at radius 1 is 1.09 bits per heavy atom. The number of ether oxygens (including phenoxy) is 1. The number of hydrogen-bond acceptors (Lipinski definition) is 3. The van der Waals surface area contributed by atoms with Crippen molar-refractivity contribution in [3.63, 3.8) is 0 Å². The van der Waals surface area contributed by atoms with Crippen molar-refractivity contribution in [3.8, 4) is 16.9 Å². The lowest BCUT2D eigenvalue weighted by molar-refractivity contribution is -0.117. The van der Waals surface area contributed by atoms with E-state index in [1.807, 2.05) is 63.2 Å². The number of aryl methyl sites for hydroxylation is 1. The summed E-state index contributed by atoms with van der Waals surface area (Å²) in [6, 6.07) is 17.1. The van der Waals surface area contributed by atoms with E-state index in [1.54, 1.807) is 31.6 Å². The largest absolute Gasteiger partial charge is 0.496 e. The van der Waals surface area contributed by atoms with Crippen LogP contribution in [0.15, 0.2) is 71.4 Å². The van der Waals surface area contributed by atoms with Crippen molar-refractivity contribution in [1.29, 1.82) is 0 Å². The molecule has 0 saturated carbocycles. The maximum Gasteiger partial charge on any atom is 0.244 e. The van der Waals surface area contributed by atoms with Gasteiger partial charge in [-0.1, -0.05) is 59.6 Å². The molecule has 0 aliphatic heterocycles. The predicted molar refractivity (Wildman–Crippen MR) is 140 cm³/mol. The molecule has 1 atom stereocenters. The van der Waals surface area contributed by atoms with E-state index in [9.17, 15) is 4.79 Å². The van der Waals surface area contributed by atoms with Crippen molar-refractivity contribution in [2.24, 2.45) is 0 Å². The molecule has 1 unspecified atom stereocenters. The molecule has 0 aliphatic carbocycles. The van der Waals surface area contributed by atoms with Crippen molar-refractivity contribution in [2.45, 2.75) is 26.8 Å². The number of allylic oxidation sites excluding steroid dienone is 1. The fraction of sp³-hybridized carbons (Fsp3) is 0.179. The van der Waals surface area contributed by atoms with Gasteiger partial charge < -0.3 is 14.5 Å².